The molecule has 0 saturated carbocycles. The number of phenols is 1. The molecule has 1 heterocycles. The van der Waals surface area contributed by atoms with Crippen molar-refractivity contribution in [3.05, 3.63) is 74.6 Å². The molecule has 0 radical (unpaired) electrons. The Kier molecular flexibility index (Phi) is 5.93. The van der Waals surface area contributed by atoms with Gasteiger partial charge < -0.3 is 20.5 Å². The lowest BCUT2D eigenvalue weighted by Gasteiger charge is -2.18. The van der Waals surface area contributed by atoms with Crippen molar-refractivity contribution in [2.45, 2.75) is 58.1 Å². The van der Waals surface area contributed by atoms with Crippen LogP contribution in [0.1, 0.15) is 54.2 Å². The topological polar surface area (TPSA) is 85.3 Å². The molecule has 4 rings (SSSR count). The summed E-state index contributed by atoms with van der Waals surface area (Å²) in [7, 11) is 0. The first-order valence-electron chi connectivity index (χ1n) is 10.9. The van der Waals surface area contributed by atoms with Gasteiger partial charge in [-0.3, -0.25) is 4.79 Å². The van der Waals surface area contributed by atoms with Gasteiger partial charge in [0, 0.05) is 24.0 Å². The zero-order valence-corrected chi connectivity index (χ0v) is 17.7. The summed E-state index contributed by atoms with van der Waals surface area (Å²) in [5.74, 6) is 0.00691. The molecular formula is C25H30N2O3. The van der Waals surface area contributed by atoms with E-state index in [2.05, 4.69) is 36.3 Å². The molecule has 1 aliphatic carbocycles. The Balaban J connectivity index is 1.47. The number of hydrogen-bond acceptors (Lipinski definition) is 4. The van der Waals surface area contributed by atoms with Crippen LogP contribution in [0.25, 0.3) is 10.9 Å². The first kappa shape index (κ1) is 20.6. The molecule has 0 aliphatic heterocycles. The molecule has 0 spiro atoms. The number of benzene rings is 2. The number of H-pyrrole nitrogens is 1. The van der Waals surface area contributed by atoms with Crippen molar-refractivity contribution >= 4 is 10.9 Å². The third-order valence-electron chi connectivity index (χ3n) is 6.22. The van der Waals surface area contributed by atoms with Crippen LogP contribution in [-0.2, 0) is 25.7 Å². The summed E-state index contributed by atoms with van der Waals surface area (Å²) < 4.78 is 0. The lowest BCUT2D eigenvalue weighted by Crippen LogP contribution is -2.33. The second-order valence-corrected chi connectivity index (χ2v) is 8.31. The van der Waals surface area contributed by atoms with Crippen molar-refractivity contribution in [3.63, 3.8) is 0 Å². The standard InChI is InChI=1S/C25H30N2O3/c1-3-5-16-11-18-13-19(12-17(18)10-15(16)4-2)26-14-23(29)20-6-8-22(28)25-21(20)7-9-24(30)27-25/h6-11,19,23,26,28-29H,3-5,12-14H2,1-2H3,(H,27,30)/t19?,23-/m0/s1. The van der Waals surface area contributed by atoms with Crippen molar-refractivity contribution in [2.24, 2.45) is 0 Å². The lowest BCUT2D eigenvalue weighted by molar-refractivity contribution is 0.171. The zero-order chi connectivity index (χ0) is 21.3. The Labute approximate surface area is 176 Å². The fraction of sp³-hybridized carbons (Fsp3) is 0.400. The Bertz CT molecular complexity index is 1120. The number of hydrogen-bond donors (Lipinski definition) is 4. The number of aromatic amines is 1. The summed E-state index contributed by atoms with van der Waals surface area (Å²) in [6.45, 7) is 4.86. The average Bonchev–Trinajstić information content (AvgIpc) is 3.14. The summed E-state index contributed by atoms with van der Waals surface area (Å²) in [4.78, 5) is 14.2. The van der Waals surface area contributed by atoms with Crippen molar-refractivity contribution in [1.82, 2.24) is 10.3 Å². The summed E-state index contributed by atoms with van der Waals surface area (Å²) in [5.41, 5.74) is 6.56. The van der Waals surface area contributed by atoms with Crippen molar-refractivity contribution < 1.29 is 10.2 Å². The fourth-order valence-electron chi connectivity index (χ4n) is 4.69. The van der Waals surface area contributed by atoms with Crippen LogP contribution in [0.15, 0.2) is 41.2 Å². The van der Waals surface area contributed by atoms with Gasteiger partial charge in [0.05, 0.1) is 11.6 Å². The van der Waals surface area contributed by atoms with E-state index < -0.39 is 6.10 Å². The summed E-state index contributed by atoms with van der Waals surface area (Å²) in [6.07, 6.45) is 4.58. The minimum atomic E-state index is -0.732. The van der Waals surface area contributed by atoms with Crippen LogP contribution in [0.5, 0.6) is 5.75 Å². The first-order valence-corrected chi connectivity index (χ1v) is 10.9. The summed E-state index contributed by atoms with van der Waals surface area (Å²) in [6, 6.07) is 11.4. The van der Waals surface area contributed by atoms with Gasteiger partial charge in [-0.2, -0.15) is 0 Å². The molecule has 2 atom stereocenters. The maximum absolute atomic E-state index is 11.6. The molecule has 30 heavy (non-hydrogen) atoms. The molecular weight excluding hydrogens is 376 g/mol. The van der Waals surface area contributed by atoms with Crippen LogP contribution in [0, 0.1) is 0 Å². The second-order valence-electron chi connectivity index (χ2n) is 8.31. The van der Waals surface area contributed by atoms with E-state index in [1.807, 2.05) is 0 Å². The highest BCUT2D eigenvalue weighted by molar-refractivity contribution is 5.87. The molecule has 0 amide bonds. The van der Waals surface area contributed by atoms with Gasteiger partial charge in [0.25, 0.3) is 0 Å². The van der Waals surface area contributed by atoms with E-state index in [1.165, 1.54) is 34.4 Å². The van der Waals surface area contributed by atoms with Gasteiger partial charge in [-0.05, 0) is 65.6 Å². The van der Waals surface area contributed by atoms with E-state index in [1.54, 1.807) is 12.1 Å². The highest BCUT2D eigenvalue weighted by Gasteiger charge is 2.24. The lowest BCUT2D eigenvalue weighted by atomic mass is 9.96. The number of aryl methyl sites for hydroxylation is 2. The van der Waals surface area contributed by atoms with Crippen molar-refractivity contribution in [1.29, 1.82) is 0 Å². The van der Waals surface area contributed by atoms with Gasteiger partial charge in [0.1, 0.15) is 5.75 Å². The molecule has 1 aliphatic rings. The van der Waals surface area contributed by atoms with Crippen LogP contribution in [0.2, 0.25) is 0 Å². The maximum Gasteiger partial charge on any atom is 0.248 e. The van der Waals surface area contributed by atoms with E-state index in [0.29, 0.717) is 29.1 Å². The Morgan fingerprint density at radius 2 is 1.83 bits per heavy atom. The number of pyridine rings is 1. The molecule has 4 N–H and O–H groups in total. The van der Waals surface area contributed by atoms with Crippen LogP contribution in [-0.4, -0.2) is 27.8 Å². The van der Waals surface area contributed by atoms with E-state index in [4.69, 9.17) is 0 Å². The molecule has 1 unspecified atom stereocenters. The Morgan fingerprint density at radius 3 is 2.53 bits per heavy atom. The smallest absolute Gasteiger partial charge is 0.248 e. The van der Waals surface area contributed by atoms with Gasteiger partial charge in [-0.15, -0.1) is 0 Å². The fourth-order valence-corrected chi connectivity index (χ4v) is 4.69. The van der Waals surface area contributed by atoms with Crippen LogP contribution < -0.4 is 10.9 Å². The molecule has 0 bridgehead atoms. The highest BCUT2D eigenvalue weighted by Crippen LogP contribution is 2.30. The SMILES string of the molecule is CCCc1cc2c(cc1CC)CC(NC[C@H](O)c1ccc(O)c3[nH]c(=O)ccc13)C2. The molecule has 0 fully saturated rings. The molecule has 5 heteroatoms. The average molecular weight is 407 g/mol. The van der Waals surface area contributed by atoms with Crippen LogP contribution >= 0.6 is 0 Å². The number of aromatic hydroxyl groups is 1. The number of fused-ring (bicyclic) bond motifs is 2. The number of aliphatic hydroxyl groups excluding tert-OH is 1. The molecule has 1 aromatic heterocycles. The number of nitrogens with one attached hydrogen (secondary N) is 2. The summed E-state index contributed by atoms with van der Waals surface area (Å²) >= 11 is 0. The predicted octanol–water partition coefficient (Wildman–Crippen LogP) is 3.54. The summed E-state index contributed by atoms with van der Waals surface area (Å²) in [5, 5.41) is 25.0. The maximum atomic E-state index is 11.6. The quantitative estimate of drug-likeness (QED) is 0.484. The highest BCUT2D eigenvalue weighted by atomic mass is 16.3. The van der Waals surface area contributed by atoms with Crippen LogP contribution in [0.4, 0.5) is 0 Å². The van der Waals surface area contributed by atoms with E-state index in [9.17, 15) is 15.0 Å². The van der Waals surface area contributed by atoms with Crippen molar-refractivity contribution in [3.8, 4) is 5.75 Å². The number of phenolic OH excluding ortho intramolecular Hbond substituents is 1. The monoisotopic (exact) mass is 406 g/mol. The van der Waals surface area contributed by atoms with Gasteiger partial charge in [-0.25, -0.2) is 0 Å². The van der Waals surface area contributed by atoms with Gasteiger partial charge in [0.15, 0.2) is 0 Å². The number of rotatable bonds is 7. The third kappa shape index (κ3) is 4.00. The second kappa shape index (κ2) is 8.62. The zero-order valence-electron chi connectivity index (χ0n) is 17.7. The Hall–Kier alpha value is -2.63. The largest absolute Gasteiger partial charge is 0.506 e. The van der Waals surface area contributed by atoms with Gasteiger partial charge in [-0.1, -0.05) is 38.5 Å². The first-order chi connectivity index (χ1) is 14.5. The van der Waals surface area contributed by atoms with Gasteiger partial charge >= 0.3 is 0 Å². The Morgan fingerprint density at radius 1 is 1.10 bits per heavy atom. The van der Waals surface area contributed by atoms with E-state index >= 15 is 0 Å². The molecule has 2 aromatic carbocycles. The minimum Gasteiger partial charge on any atom is -0.506 e. The third-order valence-corrected chi connectivity index (χ3v) is 6.22. The molecule has 0 saturated heterocycles. The van der Waals surface area contributed by atoms with E-state index in [-0.39, 0.29) is 11.3 Å². The molecule has 158 valence electrons. The number of aromatic nitrogens is 1. The molecule has 5 nitrogen and oxygen atoms in total. The predicted molar refractivity (Wildman–Crippen MR) is 120 cm³/mol. The van der Waals surface area contributed by atoms with Gasteiger partial charge in [0.2, 0.25) is 5.56 Å². The number of aliphatic hydroxyl groups is 1. The van der Waals surface area contributed by atoms with E-state index in [0.717, 1.165) is 32.1 Å². The normalized spacial score (nSPS) is 16.7. The van der Waals surface area contributed by atoms with Crippen molar-refractivity contribution in [2.75, 3.05) is 6.54 Å². The minimum absolute atomic E-state index is 0.00691. The molecule has 3 aromatic rings. The van der Waals surface area contributed by atoms with Crippen LogP contribution in [0.3, 0.4) is 0 Å².